The first-order valence-corrected chi connectivity index (χ1v) is 9.19. The number of imidazole rings is 1. The summed E-state index contributed by atoms with van der Waals surface area (Å²) in [5.74, 6) is 0. The summed E-state index contributed by atoms with van der Waals surface area (Å²) in [6.07, 6.45) is 10.7. The molecule has 0 amide bonds. The highest BCUT2D eigenvalue weighted by molar-refractivity contribution is 9.11. The van der Waals surface area contributed by atoms with Crippen LogP contribution in [0.1, 0.15) is 45.0 Å². The van der Waals surface area contributed by atoms with Gasteiger partial charge in [0.25, 0.3) is 11.1 Å². The van der Waals surface area contributed by atoms with Gasteiger partial charge in [0, 0.05) is 11.1 Å². The zero-order chi connectivity index (χ0) is 18.9. The second-order valence-corrected chi connectivity index (χ2v) is 8.29. The average Bonchev–Trinajstić information content (AvgIpc) is 3.01. The Morgan fingerprint density at radius 1 is 1.12 bits per heavy atom. The van der Waals surface area contributed by atoms with E-state index in [9.17, 15) is 9.59 Å². The predicted octanol–water partition coefficient (Wildman–Crippen LogP) is 1.69. The number of hydrogen-bond donors (Lipinski definition) is 3. The summed E-state index contributed by atoms with van der Waals surface area (Å²) in [4.78, 5) is 37.5. The molecule has 7 heteroatoms. The third kappa shape index (κ3) is 4.04. The Kier molecular flexibility index (Phi) is 5.00. The molecule has 0 radical (unpaired) electrons. The van der Waals surface area contributed by atoms with Crippen LogP contribution in [0.3, 0.4) is 0 Å². The van der Waals surface area contributed by atoms with Gasteiger partial charge in [0.2, 0.25) is 0 Å². The van der Waals surface area contributed by atoms with Crippen LogP contribution < -0.4 is 21.8 Å². The quantitative estimate of drug-likeness (QED) is 0.694. The number of allylic oxidation sites excluding steroid dienone is 4. The zero-order valence-electron chi connectivity index (χ0n) is 14.9. The van der Waals surface area contributed by atoms with Gasteiger partial charge in [-0.15, -0.1) is 0 Å². The van der Waals surface area contributed by atoms with Gasteiger partial charge in [-0.2, -0.15) is 0 Å². The van der Waals surface area contributed by atoms with Crippen LogP contribution in [0.15, 0.2) is 38.1 Å². The van der Waals surface area contributed by atoms with Crippen molar-refractivity contribution in [2.24, 2.45) is 0 Å². The highest BCUT2D eigenvalue weighted by Gasteiger charge is 2.19. The van der Waals surface area contributed by atoms with Gasteiger partial charge in [-0.1, -0.05) is 42.8 Å². The fraction of sp³-hybridized carbons (Fsp3) is 0.316. The summed E-state index contributed by atoms with van der Waals surface area (Å²) in [6.45, 7) is 6.14. The molecule has 3 rings (SSSR count). The van der Waals surface area contributed by atoms with Crippen LogP contribution in [0.4, 0.5) is 0 Å². The fourth-order valence-electron chi connectivity index (χ4n) is 2.80. The molecule has 2 aromatic rings. The maximum Gasteiger partial charge on any atom is 0.272 e. The number of halogens is 1. The lowest BCUT2D eigenvalue weighted by atomic mass is 9.90. The van der Waals surface area contributed by atoms with Crippen LogP contribution in [-0.2, 0) is 5.41 Å². The van der Waals surface area contributed by atoms with E-state index in [1.165, 1.54) is 0 Å². The van der Waals surface area contributed by atoms with Crippen molar-refractivity contribution in [3.05, 3.63) is 71.3 Å². The highest BCUT2D eigenvalue weighted by atomic mass is 79.9. The topological polar surface area (TPSA) is 94.4 Å². The van der Waals surface area contributed by atoms with Gasteiger partial charge in [0.15, 0.2) is 0 Å². The first-order chi connectivity index (χ1) is 12.2. The summed E-state index contributed by atoms with van der Waals surface area (Å²) in [5.41, 5.74) is 1.56. The number of aromatic amines is 3. The molecule has 26 heavy (non-hydrogen) atoms. The van der Waals surface area contributed by atoms with E-state index in [0.717, 1.165) is 28.6 Å². The maximum atomic E-state index is 12.4. The van der Waals surface area contributed by atoms with Gasteiger partial charge in [-0.25, -0.2) is 4.98 Å². The SMILES string of the molecule is CC(C)(C)c1[nH]cnc1/C=c1\[nH]c(=O)/c(=C/C2=CCCC(Br)=C2)[nH]c1=O. The van der Waals surface area contributed by atoms with Crippen LogP contribution in [0.25, 0.3) is 12.2 Å². The number of aromatic nitrogens is 4. The molecule has 1 aliphatic rings. The van der Waals surface area contributed by atoms with Crippen LogP contribution in [0.2, 0.25) is 0 Å². The first kappa shape index (κ1) is 18.4. The van der Waals surface area contributed by atoms with Crippen molar-refractivity contribution in [3.63, 3.8) is 0 Å². The van der Waals surface area contributed by atoms with Crippen molar-refractivity contribution in [2.75, 3.05) is 0 Å². The van der Waals surface area contributed by atoms with Gasteiger partial charge in [-0.05, 0) is 41.1 Å². The summed E-state index contributed by atoms with van der Waals surface area (Å²) >= 11 is 3.47. The Bertz CT molecular complexity index is 1120. The molecule has 136 valence electrons. The second kappa shape index (κ2) is 7.07. The Morgan fingerprint density at radius 2 is 1.77 bits per heavy atom. The van der Waals surface area contributed by atoms with Crippen molar-refractivity contribution in [1.29, 1.82) is 0 Å². The molecule has 0 bridgehead atoms. The molecule has 1 aliphatic carbocycles. The standard InChI is InChI=1S/C19H21BrN4O2/c1-19(2,3)16-13(21-10-22-16)9-15-18(26)23-14(17(25)24-15)8-11-5-4-6-12(20)7-11/h5,7-10H,4,6H2,1-3H3,(H,21,22)(H,23,26)(H,24,25)/b14-8-,15-9-. The first-order valence-electron chi connectivity index (χ1n) is 8.40. The zero-order valence-corrected chi connectivity index (χ0v) is 16.5. The molecule has 0 aromatic carbocycles. The van der Waals surface area contributed by atoms with Gasteiger partial charge >= 0.3 is 0 Å². The van der Waals surface area contributed by atoms with E-state index in [0.29, 0.717) is 5.69 Å². The molecule has 0 atom stereocenters. The highest BCUT2D eigenvalue weighted by Crippen LogP contribution is 2.23. The molecule has 2 heterocycles. The Labute approximate surface area is 158 Å². The molecule has 6 nitrogen and oxygen atoms in total. The van der Waals surface area contributed by atoms with Crippen LogP contribution >= 0.6 is 15.9 Å². The van der Waals surface area contributed by atoms with E-state index in [-0.39, 0.29) is 27.2 Å². The summed E-state index contributed by atoms with van der Waals surface area (Å²) in [7, 11) is 0. The summed E-state index contributed by atoms with van der Waals surface area (Å²) < 4.78 is 1.07. The van der Waals surface area contributed by atoms with Gasteiger partial charge in [0.05, 0.1) is 12.0 Å². The van der Waals surface area contributed by atoms with E-state index in [4.69, 9.17) is 0 Å². The van der Waals surface area contributed by atoms with E-state index in [1.807, 2.05) is 32.9 Å². The average molecular weight is 417 g/mol. The monoisotopic (exact) mass is 416 g/mol. The Balaban J connectivity index is 2.10. The predicted molar refractivity (Wildman–Crippen MR) is 107 cm³/mol. The summed E-state index contributed by atoms with van der Waals surface area (Å²) in [5, 5.41) is 0.411. The fourth-order valence-corrected chi connectivity index (χ4v) is 3.30. The molecule has 0 unspecified atom stereocenters. The van der Waals surface area contributed by atoms with E-state index < -0.39 is 0 Å². The van der Waals surface area contributed by atoms with Crippen molar-refractivity contribution in [1.82, 2.24) is 19.9 Å². The lowest BCUT2D eigenvalue weighted by Crippen LogP contribution is -2.46. The largest absolute Gasteiger partial charge is 0.348 e. The van der Waals surface area contributed by atoms with E-state index in [2.05, 4.69) is 35.9 Å². The number of nitrogens with zero attached hydrogens (tertiary/aromatic N) is 1. The Morgan fingerprint density at radius 3 is 2.38 bits per heavy atom. The van der Waals surface area contributed by atoms with Crippen LogP contribution in [0, 0.1) is 0 Å². The molecular weight excluding hydrogens is 396 g/mol. The number of rotatable bonds is 2. The molecule has 3 N–H and O–H groups in total. The normalized spacial score (nSPS) is 16.6. The van der Waals surface area contributed by atoms with Crippen molar-refractivity contribution in [3.8, 4) is 0 Å². The van der Waals surface area contributed by atoms with Crippen molar-refractivity contribution in [2.45, 2.75) is 39.0 Å². The van der Waals surface area contributed by atoms with Crippen LogP contribution in [0.5, 0.6) is 0 Å². The Hall–Kier alpha value is -2.41. The molecule has 0 fully saturated rings. The number of H-pyrrole nitrogens is 3. The molecule has 0 spiro atoms. The van der Waals surface area contributed by atoms with Crippen LogP contribution in [-0.4, -0.2) is 19.9 Å². The minimum atomic E-state index is -0.363. The summed E-state index contributed by atoms with van der Waals surface area (Å²) in [6, 6.07) is 0. The van der Waals surface area contributed by atoms with E-state index >= 15 is 0 Å². The van der Waals surface area contributed by atoms with Gasteiger partial charge in [-0.3, -0.25) is 9.59 Å². The minimum absolute atomic E-state index is 0.156. The molecular formula is C19H21BrN4O2. The lowest BCUT2D eigenvalue weighted by Gasteiger charge is -2.16. The van der Waals surface area contributed by atoms with Gasteiger partial charge in [0.1, 0.15) is 10.7 Å². The van der Waals surface area contributed by atoms with Crippen molar-refractivity contribution >= 4 is 28.1 Å². The molecule has 0 saturated carbocycles. The number of nitrogens with one attached hydrogen (secondary N) is 3. The molecule has 0 aliphatic heterocycles. The number of hydrogen-bond acceptors (Lipinski definition) is 3. The third-order valence-corrected chi connectivity index (χ3v) is 4.71. The third-order valence-electron chi connectivity index (χ3n) is 4.08. The van der Waals surface area contributed by atoms with Gasteiger partial charge < -0.3 is 15.0 Å². The second-order valence-electron chi connectivity index (χ2n) is 7.27. The minimum Gasteiger partial charge on any atom is -0.348 e. The van der Waals surface area contributed by atoms with Crippen molar-refractivity contribution < 1.29 is 0 Å². The molecule has 2 aromatic heterocycles. The molecule has 0 saturated heterocycles. The lowest BCUT2D eigenvalue weighted by molar-refractivity contribution is 0.571. The van der Waals surface area contributed by atoms with E-state index in [1.54, 1.807) is 18.5 Å². The smallest absolute Gasteiger partial charge is 0.272 e. The maximum absolute atomic E-state index is 12.4.